The third-order valence-corrected chi connectivity index (χ3v) is 5.55. The SMILES string of the molecule is CCCCCCCCCCC(CCCCCC)(C(=O)[O-])[N+](C)(C)C. The number of hydrogen-bond donors (Lipinski definition) is 0. The molecule has 0 aliphatic heterocycles. The molecule has 0 aliphatic carbocycles. The Hall–Kier alpha value is -0.570. The predicted octanol–water partition coefficient (Wildman–Crippen LogP) is 4.68. The summed E-state index contributed by atoms with van der Waals surface area (Å²) in [6, 6.07) is 0. The summed E-state index contributed by atoms with van der Waals surface area (Å²) in [7, 11) is 6.04. The number of hydrogen-bond acceptors (Lipinski definition) is 2. The van der Waals surface area contributed by atoms with Gasteiger partial charge in [-0.15, -0.1) is 0 Å². The van der Waals surface area contributed by atoms with E-state index in [1.807, 2.05) is 21.1 Å². The van der Waals surface area contributed by atoms with Crippen LogP contribution in [0.4, 0.5) is 0 Å². The molecule has 0 bridgehead atoms. The summed E-state index contributed by atoms with van der Waals surface area (Å²) in [5.41, 5.74) is -0.726. The summed E-state index contributed by atoms with van der Waals surface area (Å²) >= 11 is 0. The van der Waals surface area contributed by atoms with Crippen LogP contribution in [0.2, 0.25) is 0 Å². The van der Waals surface area contributed by atoms with Gasteiger partial charge in [-0.1, -0.05) is 78.1 Å². The molecule has 0 amide bonds. The second-order valence-corrected chi connectivity index (χ2v) is 8.37. The van der Waals surface area contributed by atoms with Crippen LogP contribution in [0.25, 0.3) is 0 Å². The van der Waals surface area contributed by atoms with Gasteiger partial charge in [-0.2, -0.15) is 0 Å². The molecule has 0 radical (unpaired) electrons. The Balaban J connectivity index is 4.41. The lowest BCUT2D eigenvalue weighted by molar-refractivity contribution is -0.917. The first-order valence-electron chi connectivity index (χ1n) is 10.3. The molecule has 3 nitrogen and oxygen atoms in total. The van der Waals surface area contributed by atoms with E-state index in [1.54, 1.807) is 0 Å². The van der Waals surface area contributed by atoms with E-state index in [0.717, 1.165) is 38.5 Å². The Bertz CT molecular complexity index is 322. The molecule has 0 aliphatic rings. The fraction of sp³-hybridized carbons (Fsp3) is 0.952. The van der Waals surface area contributed by atoms with Crippen molar-refractivity contribution < 1.29 is 14.4 Å². The van der Waals surface area contributed by atoms with Crippen molar-refractivity contribution in [2.24, 2.45) is 0 Å². The first-order valence-corrected chi connectivity index (χ1v) is 10.3. The number of aliphatic carboxylic acids is 1. The van der Waals surface area contributed by atoms with Crippen molar-refractivity contribution in [3.05, 3.63) is 0 Å². The van der Waals surface area contributed by atoms with Crippen LogP contribution in [0.15, 0.2) is 0 Å². The average molecular weight is 342 g/mol. The minimum Gasteiger partial charge on any atom is -0.544 e. The minimum atomic E-state index is -0.852. The molecular formula is C21H43NO2. The molecule has 0 N–H and O–H groups in total. The van der Waals surface area contributed by atoms with Crippen molar-refractivity contribution in [3.8, 4) is 0 Å². The number of likely N-dealkylation sites (N-methyl/N-ethyl adjacent to an activating group) is 1. The van der Waals surface area contributed by atoms with Gasteiger partial charge in [0.1, 0.15) is 11.5 Å². The molecule has 0 spiro atoms. The lowest BCUT2D eigenvalue weighted by Gasteiger charge is -2.47. The van der Waals surface area contributed by atoms with Gasteiger partial charge in [0.25, 0.3) is 0 Å². The monoisotopic (exact) mass is 341 g/mol. The van der Waals surface area contributed by atoms with Gasteiger partial charge < -0.3 is 14.4 Å². The molecule has 1 atom stereocenters. The zero-order chi connectivity index (χ0) is 18.5. The first kappa shape index (κ1) is 23.4. The fourth-order valence-corrected chi connectivity index (χ4v) is 3.67. The Morgan fingerprint density at radius 3 is 1.38 bits per heavy atom. The van der Waals surface area contributed by atoms with E-state index >= 15 is 0 Å². The zero-order valence-corrected chi connectivity index (χ0v) is 17.2. The number of carboxylic acids is 1. The summed E-state index contributed by atoms with van der Waals surface area (Å²) in [4.78, 5) is 12.0. The number of carbonyl (C=O) groups excluding carboxylic acids is 1. The van der Waals surface area contributed by atoms with Crippen molar-refractivity contribution in [2.45, 2.75) is 109 Å². The van der Waals surface area contributed by atoms with Crippen molar-refractivity contribution >= 4 is 5.97 Å². The lowest BCUT2D eigenvalue weighted by atomic mass is 9.83. The summed E-state index contributed by atoms with van der Waals surface area (Å²) < 4.78 is 0.470. The number of carboxylic acid groups (broad SMARTS) is 1. The molecule has 1 unspecified atom stereocenters. The maximum Gasteiger partial charge on any atom is 0.139 e. The fourth-order valence-electron chi connectivity index (χ4n) is 3.67. The summed E-state index contributed by atoms with van der Waals surface area (Å²) in [5, 5.41) is 12.0. The van der Waals surface area contributed by atoms with Crippen molar-refractivity contribution in [3.63, 3.8) is 0 Å². The number of nitrogens with zero attached hydrogens (tertiary/aromatic N) is 1. The van der Waals surface area contributed by atoms with E-state index in [2.05, 4.69) is 13.8 Å². The smallest absolute Gasteiger partial charge is 0.139 e. The van der Waals surface area contributed by atoms with Gasteiger partial charge in [0.05, 0.1) is 21.1 Å². The van der Waals surface area contributed by atoms with Crippen LogP contribution in [0.5, 0.6) is 0 Å². The summed E-state index contributed by atoms with van der Waals surface area (Å²) in [5.74, 6) is -0.852. The molecule has 0 aromatic rings. The van der Waals surface area contributed by atoms with Gasteiger partial charge in [-0.3, -0.25) is 0 Å². The molecule has 24 heavy (non-hydrogen) atoms. The topological polar surface area (TPSA) is 40.1 Å². The highest BCUT2D eigenvalue weighted by Gasteiger charge is 2.43. The normalized spacial score (nSPS) is 14.5. The molecule has 144 valence electrons. The maximum absolute atomic E-state index is 12.0. The highest BCUT2D eigenvalue weighted by atomic mass is 16.4. The number of unbranched alkanes of at least 4 members (excludes halogenated alkanes) is 10. The molecule has 0 saturated carbocycles. The van der Waals surface area contributed by atoms with E-state index in [0.29, 0.717) is 4.48 Å². The van der Waals surface area contributed by atoms with Crippen LogP contribution < -0.4 is 5.11 Å². The summed E-state index contributed by atoms with van der Waals surface area (Å²) in [6.45, 7) is 4.43. The van der Waals surface area contributed by atoms with Crippen molar-refractivity contribution in [1.82, 2.24) is 0 Å². The second kappa shape index (κ2) is 12.7. The largest absolute Gasteiger partial charge is 0.544 e. The highest BCUT2D eigenvalue weighted by molar-refractivity contribution is 5.75. The van der Waals surface area contributed by atoms with Crippen LogP contribution in [0.1, 0.15) is 104 Å². The Morgan fingerprint density at radius 2 is 1.04 bits per heavy atom. The first-order chi connectivity index (χ1) is 11.3. The quantitative estimate of drug-likeness (QED) is 0.302. The number of rotatable bonds is 16. The second-order valence-electron chi connectivity index (χ2n) is 8.37. The minimum absolute atomic E-state index is 0.470. The van der Waals surface area contributed by atoms with E-state index in [9.17, 15) is 9.90 Å². The lowest BCUT2D eigenvalue weighted by Crippen LogP contribution is -2.66. The molecule has 0 fully saturated rings. The molecular weight excluding hydrogens is 298 g/mol. The number of carbonyl (C=O) groups is 1. The zero-order valence-electron chi connectivity index (χ0n) is 17.2. The molecule has 0 aromatic heterocycles. The van der Waals surface area contributed by atoms with Crippen molar-refractivity contribution in [1.29, 1.82) is 0 Å². The Labute approximate surface area is 151 Å². The van der Waals surface area contributed by atoms with Crippen LogP contribution in [0, 0.1) is 0 Å². The molecule has 0 heterocycles. The number of quaternary nitrogens is 1. The molecule has 0 aromatic carbocycles. The standard InChI is InChI=1S/C21H43NO2/c1-6-8-10-12-13-14-15-17-19-21(20(23)24,22(3,4)5)18-16-11-9-7-2/h6-19H2,1-5H3. The highest BCUT2D eigenvalue weighted by Crippen LogP contribution is 2.31. The van der Waals surface area contributed by atoms with Crippen LogP contribution >= 0.6 is 0 Å². The van der Waals surface area contributed by atoms with Crippen molar-refractivity contribution in [2.75, 3.05) is 21.1 Å². The van der Waals surface area contributed by atoms with Crippen LogP contribution in [0.3, 0.4) is 0 Å². The van der Waals surface area contributed by atoms with E-state index < -0.39 is 11.5 Å². The van der Waals surface area contributed by atoms with E-state index in [1.165, 1.54) is 51.4 Å². The van der Waals surface area contributed by atoms with Crippen LogP contribution in [-0.4, -0.2) is 37.1 Å². The molecule has 3 heteroatoms. The van der Waals surface area contributed by atoms with Crippen LogP contribution in [-0.2, 0) is 4.79 Å². The van der Waals surface area contributed by atoms with Gasteiger partial charge in [0, 0.05) is 12.8 Å². The van der Waals surface area contributed by atoms with Gasteiger partial charge in [-0.05, 0) is 12.8 Å². The van der Waals surface area contributed by atoms with E-state index in [-0.39, 0.29) is 0 Å². The van der Waals surface area contributed by atoms with Gasteiger partial charge in [0.2, 0.25) is 0 Å². The molecule has 0 saturated heterocycles. The Morgan fingerprint density at radius 1 is 0.708 bits per heavy atom. The third kappa shape index (κ3) is 8.50. The third-order valence-electron chi connectivity index (χ3n) is 5.55. The Kier molecular flexibility index (Phi) is 12.4. The van der Waals surface area contributed by atoms with Gasteiger partial charge in [0.15, 0.2) is 0 Å². The average Bonchev–Trinajstić information content (AvgIpc) is 2.50. The predicted molar refractivity (Wildman–Crippen MR) is 102 cm³/mol. The molecule has 0 rings (SSSR count). The van der Waals surface area contributed by atoms with Gasteiger partial charge >= 0.3 is 0 Å². The van der Waals surface area contributed by atoms with E-state index in [4.69, 9.17) is 0 Å². The summed E-state index contributed by atoms with van der Waals surface area (Å²) in [6.07, 6.45) is 16.0. The maximum atomic E-state index is 12.0. The van der Waals surface area contributed by atoms with Gasteiger partial charge in [-0.25, -0.2) is 0 Å².